The molecule has 1 saturated heterocycles. The van der Waals surface area contributed by atoms with Gasteiger partial charge in [-0.15, -0.1) is 0 Å². The van der Waals surface area contributed by atoms with Crippen molar-refractivity contribution in [3.63, 3.8) is 0 Å². The number of nitrogens with zero attached hydrogens (tertiary/aromatic N) is 3. The molecule has 2 amide bonds. The standard InChI is InChI=1S/C19H26N4O/c1-2-3-4-11-22-12-14-23(15-13-22)19(24)21-17-9-5-7-16-8-6-10-20-18(16)17/h5-10H,2-4,11-15H2,1H3,(H,21,24). The lowest BCUT2D eigenvalue weighted by Gasteiger charge is -2.34. The molecule has 0 bridgehead atoms. The van der Waals surface area contributed by atoms with Crippen LogP contribution >= 0.6 is 0 Å². The normalized spacial score (nSPS) is 15.6. The molecule has 1 fully saturated rings. The Morgan fingerprint density at radius 2 is 1.92 bits per heavy atom. The number of benzene rings is 1. The summed E-state index contributed by atoms with van der Waals surface area (Å²) in [5, 5.41) is 4.07. The van der Waals surface area contributed by atoms with Crippen LogP contribution < -0.4 is 5.32 Å². The van der Waals surface area contributed by atoms with E-state index < -0.39 is 0 Å². The van der Waals surface area contributed by atoms with Crippen LogP contribution in [0.25, 0.3) is 10.9 Å². The monoisotopic (exact) mass is 326 g/mol. The van der Waals surface area contributed by atoms with Crippen molar-refractivity contribution >= 4 is 22.6 Å². The summed E-state index contributed by atoms with van der Waals surface area (Å²) in [6.45, 7) is 6.88. The van der Waals surface area contributed by atoms with E-state index >= 15 is 0 Å². The van der Waals surface area contributed by atoms with Gasteiger partial charge in [0, 0.05) is 37.8 Å². The minimum absolute atomic E-state index is 0.0265. The highest BCUT2D eigenvalue weighted by molar-refractivity contribution is 5.99. The van der Waals surface area contributed by atoms with Gasteiger partial charge in [0.2, 0.25) is 0 Å². The fraction of sp³-hybridized carbons (Fsp3) is 0.474. The first-order valence-corrected chi connectivity index (χ1v) is 8.90. The van der Waals surface area contributed by atoms with Crippen molar-refractivity contribution in [1.29, 1.82) is 0 Å². The number of hydrogen-bond donors (Lipinski definition) is 1. The van der Waals surface area contributed by atoms with Crippen molar-refractivity contribution in [2.45, 2.75) is 26.2 Å². The van der Waals surface area contributed by atoms with Crippen molar-refractivity contribution in [3.05, 3.63) is 36.5 Å². The third-order valence-corrected chi connectivity index (χ3v) is 4.61. The lowest BCUT2D eigenvalue weighted by atomic mass is 10.2. The summed E-state index contributed by atoms with van der Waals surface area (Å²) in [6, 6.07) is 9.76. The maximum Gasteiger partial charge on any atom is 0.321 e. The number of unbranched alkanes of at least 4 members (excludes halogenated alkanes) is 2. The molecule has 0 spiro atoms. The first-order valence-electron chi connectivity index (χ1n) is 8.90. The summed E-state index contributed by atoms with van der Waals surface area (Å²) in [4.78, 5) is 21.3. The maximum absolute atomic E-state index is 12.5. The minimum atomic E-state index is -0.0265. The molecular weight excluding hydrogens is 300 g/mol. The van der Waals surface area contributed by atoms with E-state index in [0.29, 0.717) is 0 Å². The van der Waals surface area contributed by atoms with Gasteiger partial charge in [-0.3, -0.25) is 9.88 Å². The predicted molar refractivity (Wildman–Crippen MR) is 98.3 cm³/mol. The fourth-order valence-electron chi connectivity index (χ4n) is 3.16. The highest BCUT2D eigenvalue weighted by atomic mass is 16.2. The summed E-state index contributed by atoms with van der Waals surface area (Å²) in [6.07, 6.45) is 5.55. The number of hydrogen-bond acceptors (Lipinski definition) is 3. The Morgan fingerprint density at radius 3 is 2.71 bits per heavy atom. The smallest absolute Gasteiger partial charge is 0.321 e. The largest absolute Gasteiger partial charge is 0.322 e. The Balaban J connectivity index is 1.56. The average molecular weight is 326 g/mol. The number of aromatic nitrogens is 1. The van der Waals surface area contributed by atoms with Gasteiger partial charge in [0.05, 0.1) is 11.2 Å². The number of carbonyl (C=O) groups is 1. The Labute approximate surface area is 143 Å². The second-order valence-electron chi connectivity index (χ2n) is 6.35. The van der Waals surface area contributed by atoms with Crippen LogP contribution in [-0.2, 0) is 0 Å². The topological polar surface area (TPSA) is 48.5 Å². The molecule has 5 heteroatoms. The molecule has 1 aliphatic heterocycles. The molecule has 0 saturated carbocycles. The third-order valence-electron chi connectivity index (χ3n) is 4.61. The molecule has 2 aromatic rings. The zero-order valence-electron chi connectivity index (χ0n) is 14.4. The summed E-state index contributed by atoms with van der Waals surface area (Å²) in [5.41, 5.74) is 1.62. The van der Waals surface area contributed by atoms with E-state index in [9.17, 15) is 4.79 Å². The second kappa shape index (κ2) is 8.11. The van der Waals surface area contributed by atoms with Gasteiger partial charge in [-0.1, -0.05) is 38.0 Å². The quantitative estimate of drug-likeness (QED) is 0.855. The van der Waals surface area contributed by atoms with Crippen LogP contribution in [0.15, 0.2) is 36.5 Å². The van der Waals surface area contributed by atoms with Gasteiger partial charge >= 0.3 is 6.03 Å². The summed E-state index contributed by atoms with van der Waals surface area (Å²) in [7, 11) is 0. The lowest BCUT2D eigenvalue weighted by Crippen LogP contribution is -2.50. The van der Waals surface area contributed by atoms with Crippen molar-refractivity contribution in [3.8, 4) is 0 Å². The van der Waals surface area contributed by atoms with Crippen LogP contribution in [0.1, 0.15) is 26.2 Å². The molecule has 1 aromatic heterocycles. The van der Waals surface area contributed by atoms with Crippen molar-refractivity contribution in [2.24, 2.45) is 0 Å². The number of urea groups is 1. The second-order valence-corrected chi connectivity index (χ2v) is 6.35. The highest BCUT2D eigenvalue weighted by Crippen LogP contribution is 2.21. The average Bonchev–Trinajstić information content (AvgIpc) is 2.63. The van der Waals surface area contributed by atoms with Crippen molar-refractivity contribution < 1.29 is 4.79 Å². The van der Waals surface area contributed by atoms with Crippen LogP contribution in [0.2, 0.25) is 0 Å². The van der Waals surface area contributed by atoms with Crippen LogP contribution in [0.3, 0.4) is 0 Å². The number of para-hydroxylation sites is 1. The molecule has 0 aliphatic carbocycles. The van der Waals surface area contributed by atoms with Gasteiger partial charge in [0.25, 0.3) is 0 Å². The van der Waals surface area contributed by atoms with E-state index in [1.165, 1.54) is 19.3 Å². The van der Waals surface area contributed by atoms with E-state index in [0.717, 1.165) is 49.3 Å². The Hall–Kier alpha value is -2.14. The maximum atomic E-state index is 12.5. The first-order chi connectivity index (χ1) is 11.8. The molecule has 3 rings (SSSR count). The molecule has 5 nitrogen and oxygen atoms in total. The molecule has 24 heavy (non-hydrogen) atoms. The zero-order valence-corrected chi connectivity index (χ0v) is 14.4. The lowest BCUT2D eigenvalue weighted by molar-refractivity contribution is 0.146. The molecule has 0 unspecified atom stereocenters. The van der Waals surface area contributed by atoms with E-state index in [2.05, 4.69) is 22.1 Å². The molecule has 1 N–H and O–H groups in total. The van der Waals surface area contributed by atoms with Gasteiger partial charge in [0.1, 0.15) is 0 Å². The summed E-state index contributed by atoms with van der Waals surface area (Å²) in [5.74, 6) is 0. The number of fused-ring (bicyclic) bond motifs is 1. The molecular formula is C19H26N4O. The first kappa shape index (κ1) is 16.7. The van der Waals surface area contributed by atoms with E-state index in [-0.39, 0.29) is 6.03 Å². The van der Waals surface area contributed by atoms with Crippen LogP contribution in [-0.4, -0.2) is 53.5 Å². The van der Waals surface area contributed by atoms with Crippen molar-refractivity contribution in [2.75, 3.05) is 38.0 Å². The molecule has 1 aliphatic rings. The Morgan fingerprint density at radius 1 is 1.12 bits per heavy atom. The van der Waals surface area contributed by atoms with E-state index in [4.69, 9.17) is 0 Å². The number of anilines is 1. The molecule has 0 radical (unpaired) electrons. The van der Waals surface area contributed by atoms with Crippen LogP contribution in [0.5, 0.6) is 0 Å². The predicted octanol–water partition coefficient (Wildman–Crippen LogP) is 3.57. The number of amides is 2. The Kier molecular flexibility index (Phi) is 5.64. The SMILES string of the molecule is CCCCCN1CCN(C(=O)Nc2cccc3cccnc23)CC1. The van der Waals surface area contributed by atoms with Gasteiger partial charge in [0.15, 0.2) is 0 Å². The molecule has 0 atom stereocenters. The zero-order chi connectivity index (χ0) is 16.8. The fourth-order valence-corrected chi connectivity index (χ4v) is 3.16. The number of carbonyl (C=O) groups excluding carboxylic acids is 1. The van der Waals surface area contributed by atoms with Gasteiger partial charge in [-0.25, -0.2) is 4.79 Å². The molecule has 1 aromatic carbocycles. The number of piperazine rings is 1. The summed E-state index contributed by atoms with van der Waals surface area (Å²) < 4.78 is 0. The number of pyridine rings is 1. The summed E-state index contributed by atoms with van der Waals surface area (Å²) >= 11 is 0. The van der Waals surface area contributed by atoms with Crippen LogP contribution in [0.4, 0.5) is 10.5 Å². The third kappa shape index (κ3) is 4.03. The highest BCUT2D eigenvalue weighted by Gasteiger charge is 2.21. The molecule has 2 heterocycles. The van der Waals surface area contributed by atoms with Crippen molar-refractivity contribution in [1.82, 2.24) is 14.8 Å². The van der Waals surface area contributed by atoms with Gasteiger partial charge in [-0.05, 0) is 25.1 Å². The van der Waals surface area contributed by atoms with E-state index in [1.807, 2.05) is 35.2 Å². The Bertz CT molecular complexity index is 675. The minimum Gasteiger partial charge on any atom is -0.322 e. The molecule has 128 valence electrons. The van der Waals surface area contributed by atoms with Crippen LogP contribution in [0, 0.1) is 0 Å². The van der Waals surface area contributed by atoms with E-state index in [1.54, 1.807) is 6.20 Å². The number of nitrogens with one attached hydrogen (secondary N) is 1. The number of rotatable bonds is 5. The van der Waals surface area contributed by atoms with Gasteiger partial charge < -0.3 is 10.2 Å². The van der Waals surface area contributed by atoms with Gasteiger partial charge in [-0.2, -0.15) is 0 Å².